The minimum Gasteiger partial charge on any atom is -0.0934 e. The largest absolute Gasteiger partial charge is 0.102 e. The molecule has 0 heterocycles. The fourth-order valence-electron chi connectivity index (χ4n) is 1.21. The Hall–Kier alpha value is 0.754. The number of hydrogen-bond donors (Lipinski definition) is 0. The van der Waals surface area contributed by atoms with Crippen LogP contribution >= 0.6 is 23.2 Å². The van der Waals surface area contributed by atoms with Crippen molar-refractivity contribution in [2.24, 2.45) is 0 Å². The summed E-state index contributed by atoms with van der Waals surface area (Å²) in [6.07, 6.45) is 0. The van der Waals surface area contributed by atoms with Crippen LogP contribution < -0.4 is 0 Å². The summed E-state index contributed by atoms with van der Waals surface area (Å²) in [6, 6.07) is 0. The van der Waals surface area contributed by atoms with E-state index in [1.54, 1.807) is 0 Å². The monoisotopic (exact) mass is 324 g/mol. The van der Waals surface area contributed by atoms with Crippen LogP contribution in [0.15, 0.2) is 9.31 Å². The smallest absolute Gasteiger partial charge is 0.0934 e. The molecule has 0 spiro atoms. The van der Waals surface area contributed by atoms with Crippen LogP contribution in [0.4, 0.5) is 0 Å². The van der Waals surface area contributed by atoms with Crippen molar-refractivity contribution in [1.82, 2.24) is 0 Å². The molecule has 0 amide bonds. The van der Waals surface area contributed by atoms with Gasteiger partial charge in [-0.2, -0.15) is 0 Å². The summed E-state index contributed by atoms with van der Waals surface area (Å²) in [7, 11) is -3.42. The second kappa shape index (κ2) is 5.27. The second-order valence-corrected chi connectivity index (χ2v) is 20.3. The Bertz CT molecular complexity index is 308. The molecule has 0 saturated heterocycles. The highest BCUT2D eigenvalue weighted by Crippen LogP contribution is 2.49. The lowest BCUT2D eigenvalue weighted by atomic mass is 10.2. The summed E-state index contributed by atoms with van der Waals surface area (Å²) in [5.74, 6) is 0. The van der Waals surface area contributed by atoms with Crippen molar-refractivity contribution >= 4 is 39.3 Å². The molecular weight excluding hydrogens is 295 g/mol. The van der Waals surface area contributed by atoms with Gasteiger partial charge in [0.2, 0.25) is 0 Å². The Labute approximate surface area is 126 Å². The third-order valence-corrected chi connectivity index (χ3v) is 19.1. The van der Waals surface area contributed by atoms with Gasteiger partial charge in [0.05, 0.1) is 0 Å². The molecule has 0 atom stereocenters. The zero-order valence-electron chi connectivity index (χ0n) is 13.8. The predicted octanol–water partition coefficient (Wildman–Crippen LogP) is 6.77. The lowest BCUT2D eigenvalue weighted by Crippen LogP contribution is -2.44. The van der Waals surface area contributed by atoms with E-state index in [1.807, 2.05) is 0 Å². The number of rotatable bonds is 2. The van der Waals surface area contributed by atoms with Crippen molar-refractivity contribution in [3.8, 4) is 0 Å². The van der Waals surface area contributed by atoms with Crippen LogP contribution in [0, 0.1) is 0 Å². The predicted molar refractivity (Wildman–Crippen MR) is 93.1 cm³/mol. The molecular formula is C14H30Cl2Si2. The first-order valence-electron chi connectivity index (χ1n) is 6.63. The van der Waals surface area contributed by atoms with Crippen LogP contribution in [-0.2, 0) is 0 Å². The first kappa shape index (κ1) is 18.8. The van der Waals surface area contributed by atoms with Gasteiger partial charge in [0.1, 0.15) is 16.1 Å². The fraction of sp³-hybridized carbons (Fsp3) is 0.857. The summed E-state index contributed by atoms with van der Waals surface area (Å²) in [6.45, 7) is 22.9. The van der Waals surface area contributed by atoms with Gasteiger partial charge >= 0.3 is 0 Å². The average Bonchev–Trinajstić information content (AvgIpc) is 2.11. The van der Waals surface area contributed by atoms with Crippen LogP contribution in [0.5, 0.6) is 0 Å². The molecule has 0 aromatic rings. The Kier molecular flexibility index (Phi) is 5.49. The van der Waals surface area contributed by atoms with Crippen LogP contribution in [0.25, 0.3) is 0 Å². The molecule has 0 rings (SSSR count). The van der Waals surface area contributed by atoms with Gasteiger partial charge in [-0.15, -0.1) is 0 Å². The zero-order valence-corrected chi connectivity index (χ0v) is 17.3. The Balaban J connectivity index is 5.81. The normalized spacial score (nSPS) is 16.7. The maximum absolute atomic E-state index is 6.74. The molecule has 4 heteroatoms. The lowest BCUT2D eigenvalue weighted by molar-refractivity contribution is 0.723. The van der Waals surface area contributed by atoms with E-state index in [1.165, 1.54) is 0 Å². The van der Waals surface area contributed by atoms with Gasteiger partial charge < -0.3 is 0 Å². The third kappa shape index (κ3) is 3.44. The summed E-state index contributed by atoms with van der Waals surface area (Å²) >= 11 is 13.5. The molecule has 0 aliphatic rings. The van der Waals surface area contributed by atoms with Gasteiger partial charge in [-0.25, -0.2) is 0 Å². The third-order valence-electron chi connectivity index (χ3n) is 5.04. The molecule has 0 aliphatic heterocycles. The Morgan fingerprint density at radius 3 is 0.889 bits per heavy atom. The quantitative estimate of drug-likeness (QED) is 0.491. The van der Waals surface area contributed by atoms with Crippen molar-refractivity contribution in [3.05, 3.63) is 9.31 Å². The SMILES string of the molecule is CC(C)(C)[Si](C)(C)/C(Cl)=C(/Cl)[Si](C)(C)C(C)(C)C. The standard InChI is InChI=1S/C14H30Cl2Si2/c1-13(2,3)17(7,8)11(15)12(16)18(9,10)14(4,5)6/h1-10H3/b12-11-. The highest BCUT2D eigenvalue weighted by molar-refractivity contribution is 7.02. The number of hydrogen-bond acceptors (Lipinski definition) is 0. The van der Waals surface area contributed by atoms with E-state index < -0.39 is 16.1 Å². The van der Waals surface area contributed by atoms with Crippen molar-refractivity contribution in [1.29, 1.82) is 0 Å². The van der Waals surface area contributed by atoms with E-state index in [2.05, 4.69) is 67.7 Å². The summed E-state index contributed by atoms with van der Waals surface area (Å²) < 4.78 is 1.98. The summed E-state index contributed by atoms with van der Waals surface area (Å²) in [4.78, 5) is 0. The van der Waals surface area contributed by atoms with Crippen LogP contribution in [0.1, 0.15) is 41.5 Å². The van der Waals surface area contributed by atoms with Gasteiger partial charge in [-0.05, 0) is 10.1 Å². The molecule has 0 aliphatic carbocycles. The second-order valence-electron chi connectivity index (χ2n) is 8.38. The van der Waals surface area contributed by atoms with Crippen molar-refractivity contribution in [2.45, 2.75) is 77.8 Å². The maximum atomic E-state index is 6.74. The minimum absolute atomic E-state index is 0.229. The molecule has 0 aromatic carbocycles. The van der Waals surface area contributed by atoms with Crippen molar-refractivity contribution in [3.63, 3.8) is 0 Å². The molecule has 0 nitrogen and oxygen atoms in total. The van der Waals surface area contributed by atoms with Crippen molar-refractivity contribution < 1.29 is 0 Å². The van der Waals surface area contributed by atoms with Gasteiger partial charge in [0, 0.05) is 9.31 Å². The van der Waals surface area contributed by atoms with Crippen molar-refractivity contribution in [2.75, 3.05) is 0 Å². The first-order valence-corrected chi connectivity index (χ1v) is 13.4. The lowest BCUT2D eigenvalue weighted by Gasteiger charge is -2.42. The molecule has 0 fully saturated rings. The van der Waals surface area contributed by atoms with Crippen LogP contribution in [-0.4, -0.2) is 16.1 Å². The van der Waals surface area contributed by atoms with E-state index in [-0.39, 0.29) is 10.1 Å². The van der Waals surface area contributed by atoms with Gasteiger partial charge in [-0.3, -0.25) is 0 Å². The fourth-order valence-corrected chi connectivity index (χ4v) is 8.61. The van der Waals surface area contributed by atoms with E-state index in [4.69, 9.17) is 23.2 Å². The minimum atomic E-state index is -1.71. The van der Waals surface area contributed by atoms with E-state index in [9.17, 15) is 0 Å². The Morgan fingerprint density at radius 2 is 0.778 bits per heavy atom. The highest BCUT2D eigenvalue weighted by atomic mass is 35.5. The van der Waals surface area contributed by atoms with Gasteiger partial charge in [-0.1, -0.05) is 90.9 Å². The molecule has 0 bridgehead atoms. The highest BCUT2D eigenvalue weighted by Gasteiger charge is 2.45. The summed E-state index contributed by atoms with van der Waals surface area (Å²) in [5, 5.41) is 0.458. The molecule has 108 valence electrons. The Morgan fingerprint density at radius 1 is 0.611 bits per heavy atom. The number of halogens is 2. The molecule has 0 aromatic heterocycles. The van der Waals surface area contributed by atoms with E-state index >= 15 is 0 Å². The van der Waals surface area contributed by atoms with Gasteiger partial charge in [0.15, 0.2) is 0 Å². The molecule has 0 N–H and O–H groups in total. The molecule has 0 radical (unpaired) electrons. The first-order chi connectivity index (χ1) is 7.57. The molecule has 18 heavy (non-hydrogen) atoms. The van der Waals surface area contributed by atoms with E-state index in [0.29, 0.717) is 0 Å². The van der Waals surface area contributed by atoms with Crippen LogP contribution in [0.2, 0.25) is 36.3 Å². The maximum Gasteiger partial charge on any atom is 0.102 e. The topological polar surface area (TPSA) is 0 Å². The molecule has 0 unspecified atom stereocenters. The summed E-state index contributed by atoms with van der Waals surface area (Å²) in [5.41, 5.74) is 0. The average molecular weight is 325 g/mol. The van der Waals surface area contributed by atoms with E-state index in [0.717, 1.165) is 9.31 Å². The zero-order chi connectivity index (χ0) is 15.2. The van der Waals surface area contributed by atoms with Gasteiger partial charge in [0.25, 0.3) is 0 Å². The molecule has 0 saturated carbocycles. The van der Waals surface area contributed by atoms with Crippen LogP contribution in [0.3, 0.4) is 0 Å².